The predicted octanol–water partition coefficient (Wildman–Crippen LogP) is 1.13. The maximum absolute atomic E-state index is 11.2. The van der Waals surface area contributed by atoms with Crippen LogP contribution in [0, 0.1) is 0 Å². The van der Waals surface area contributed by atoms with Gasteiger partial charge in [-0.05, 0) is 26.2 Å². The summed E-state index contributed by atoms with van der Waals surface area (Å²) >= 11 is 0. The Labute approximate surface area is 80.3 Å². The van der Waals surface area contributed by atoms with Crippen molar-refractivity contribution in [2.45, 2.75) is 45.1 Å². The smallest absolute Gasteiger partial charge is 0.222 e. The summed E-state index contributed by atoms with van der Waals surface area (Å²) in [5.41, 5.74) is 5.63. The van der Waals surface area contributed by atoms with Gasteiger partial charge in [-0.3, -0.25) is 4.79 Å². The van der Waals surface area contributed by atoms with E-state index in [0.29, 0.717) is 11.9 Å². The lowest BCUT2D eigenvalue weighted by molar-refractivity contribution is -0.127. The zero-order valence-electron chi connectivity index (χ0n) is 8.46. The Morgan fingerprint density at radius 1 is 1.54 bits per heavy atom. The lowest BCUT2D eigenvalue weighted by Gasteiger charge is -2.15. The molecular formula is C10H20N2O. The van der Waals surface area contributed by atoms with Crippen LogP contribution in [0.3, 0.4) is 0 Å². The van der Waals surface area contributed by atoms with Crippen LogP contribution in [0.1, 0.15) is 39.0 Å². The first-order chi connectivity index (χ1) is 6.20. The summed E-state index contributed by atoms with van der Waals surface area (Å²) in [6, 6.07) is 0.300. The lowest BCUT2D eigenvalue weighted by atomic mass is 10.1. The second-order valence-electron chi connectivity index (χ2n) is 3.96. The minimum Gasteiger partial charge on any atom is -0.343 e. The first kappa shape index (κ1) is 10.5. The fraction of sp³-hybridized carbons (Fsp3) is 0.900. The molecule has 1 heterocycles. The van der Waals surface area contributed by atoms with Gasteiger partial charge in [0.25, 0.3) is 0 Å². The number of hydrogen-bond acceptors (Lipinski definition) is 2. The van der Waals surface area contributed by atoms with Gasteiger partial charge in [-0.2, -0.15) is 0 Å². The molecular weight excluding hydrogens is 164 g/mol. The molecule has 0 bridgehead atoms. The molecule has 1 atom stereocenters. The Morgan fingerprint density at radius 2 is 2.31 bits per heavy atom. The monoisotopic (exact) mass is 184 g/mol. The van der Waals surface area contributed by atoms with Crippen LogP contribution in [0.25, 0.3) is 0 Å². The topological polar surface area (TPSA) is 46.3 Å². The van der Waals surface area contributed by atoms with Gasteiger partial charge in [0.15, 0.2) is 0 Å². The molecule has 76 valence electrons. The van der Waals surface area contributed by atoms with Gasteiger partial charge in [0, 0.05) is 25.6 Å². The van der Waals surface area contributed by atoms with Crippen molar-refractivity contribution in [2.75, 3.05) is 13.1 Å². The highest BCUT2D eigenvalue weighted by Crippen LogP contribution is 2.11. The van der Waals surface area contributed by atoms with E-state index >= 15 is 0 Å². The van der Waals surface area contributed by atoms with E-state index in [1.807, 2.05) is 11.8 Å². The van der Waals surface area contributed by atoms with Gasteiger partial charge >= 0.3 is 0 Å². The summed E-state index contributed by atoms with van der Waals surface area (Å²) in [5, 5.41) is 0. The number of unbranched alkanes of at least 4 members (excludes halogenated alkanes) is 1. The van der Waals surface area contributed by atoms with E-state index in [-0.39, 0.29) is 0 Å². The van der Waals surface area contributed by atoms with E-state index in [1.165, 1.54) is 0 Å². The molecule has 1 fully saturated rings. The number of amides is 1. The Kier molecular flexibility index (Phi) is 4.22. The molecule has 0 radical (unpaired) electrons. The third-order valence-electron chi connectivity index (χ3n) is 2.51. The van der Waals surface area contributed by atoms with E-state index in [1.54, 1.807) is 0 Å². The van der Waals surface area contributed by atoms with Crippen molar-refractivity contribution in [3.63, 3.8) is 0 Å². The van der Waals surface area contributed by atoms with Crippen LogP contribution in [-0.4, -0.2) is 29.9 Å². The first-order valence-electron chi connectivity index (χ1n) is 5.23. The highest BCUT2D eigenvalue weighted by molar-refractivity contribution is 5.77. The molecule has 3 nitrogen and oxygen atoms in total. The zero-order valence-corrected chi connectivity index (χ0v) is 8.46. The Bertz CT molecular complexity index is 168. The minimum absolute atomic E-state index is 0.300. The summed E-state index contributed by atoms with van der Waals surface area (Å²) in [6.07, 6.45) is 5.12. The van der Waals surface area contributed by atoms with E-state index < -0.39 is 0 Å². The zero-order chi connectivity index (χ0) is 9.68. The molecule has 13 heavy (non-hydrogen) atoms. The third-order valence-corrected chi connectivity index (χ3v) is 2.51. The highest BCUT2D eigenvalue weighted by Gasteiger charge is 2.18. The third kappa shape index (κ3) is 3.77. The fourth-order valence-electron chi connectivity index (χ4n) is 1.71. The van der Waals surface area contributed by atoms with Gasteiger partial charge in [0.1, 0.15) is 0 Å². The van der Waals surface area contributed by atoms with Gasteiger partial charge in [0.05, 0.1) is 0 Å². The maximum atomic E-state index is 11.2. The van der Waals surface area contributed by atoms with Crippen molar-refractivity contribution in [2.24, 2.45) is 5.73 Å². The number of hydrogen-bond donors (Lipinski definition) is 1. The average Bonchev–Trinajstić information content (AvgIpc) is 2.45. The standard InChI is InChI=1S/C10H20N2O/c1-9(11)5-2-3-7-12-8-4-6-10(12)13/h9H,2-8,11H2,1H3. The van der Waals surface area contributed by atoms with Crippen LogP contribution < -0.4 is 5.73 Å². The number of likely N-dealkylation sites (tertiary alicyclic amines) is 1. The van der Waals surface area contributed by atoms with Crippen LogP contribution in [0.5, 0.6) is 0 Å². The van der Waals surface area contributed by atoms with Crippen LogP contribution in [-0.2, 0) is 4.79 Å². The molecule has 1 saturated heterocycles. The molecule has 0 aromatic carbocycles. The summed E-state index contributed by atoms with van der Waals surface area (Å²) in [5.74, 6) is 0.334. The molecule has 1 rings (SSSR count). The second-order valence-corrected chi connectivity index (χ2v) is 3.96. The Morgan fingerprint density at radius 3 is 2.85 bits per heavy atom. The van der Waals surface area contributed by atoms with Crippen LogP contribution in [0.15, 0.2) is 0 Å². The van der Waals surface area contributed by atoms with E-state index in [2.05, 4.69) is 0 Å². The summed E-state index contributed by atoms with van der Waals surface area (Å²) < 4.78 is 0. The molecule has 0 spiro atoms. The molecule has 1 aliphatic rings. The molecule has 0 saturated carbocycles. The van der Waals surface area contributed by atoms with Crippen molar-refractivity contribution < 1.29 is 4.79 Å². The van der Waals surface area contributed by atoms with Gasteiger partial charge in [-0.25, -0.2) is 0 Å². The largest absolute Gasteiger partial charge is 0.343 e. The summed E-state index contributed by atoms with van der Waals surface area (Å²) in [7, 11) is 0. The molecule has 0 aliphatic carbocycles. The number of nitrogens with zero attached hydrogens (tertiary/aromatic N) is 1. The number of carbonyl (C=O) groups excluding carboxylic acids is 1. The fourth-order valence-corrected chi connectivity index (χ4v) is 1.71. The molecule has 1 aliphatic heterocycles. The van der Waals surface area contributed by atoms with Crippen molar-refractivity contribution in [3.05, 3.63) is 0 Å². The number of nitrogens with two attached hydrogens (primary N) is 1. The molecule has 3 heteroatoms. The van der Waals surface area contributed by atoms with Crippen molar-refractivity contribution in [1.82, 2.24) is 4.90 Å². The Balaban J connectivity index is 2.02. The molecule has 0 aromatic heterocycles. The van der Waals surface area contributed by atoms with Crippen LogP contribution in [0.4, 0.5) is 0 Å². The average molecular weight is 184 g/mol. The van der Waals surface area contributed by atoms with E-state index in [4.69, 9.17) is 5.73 Å². The van der Waals surface area contributed by atoms with E-state index in [9.17, 15) is 4.79 Å². The Hall–Kier alpha value is -0.570. The highest BCUT2D eigenvalue weighted by atomic mass is 16.2. The van der Waals surface area contributed by atoms with Crippen LogP contribution >= 0.6 is 0 Å². The quantitative estimate of drug-likeness (QED) is 0.651. The van der Waals surface area contributed by atoms with Crippen molar-refractivity contribution in [3.8, 4) is 0 Å². The number of carbonyl (C=O) groups is 1. The molecule has 1 unspecified atom stereocenters. The van der Waals surface area contributed by atoms with Gasteiger partial charge in [-0.15, -0.1) is 0 Å². The summed E-state index contributed by atoms with van der Waals surface area (Å²) in [6.45, 7) is 3.93. The number of rotatable bonds is 5. The molecule has 0 aromatic rings. The second kappa shape index (κ2) is 5.22. The summed E-state index contributed by atoms with van der Waals surface area (Å²) in [4.78, 5) is 13.2. The minimum atomic E-state index is 0.300. The first-order valence-corrected chi connectivity index (χ1v) is 5.23. The molecule has 2 N–H and O–H groups in total. The van der Waals surface area contributed by atoms with E-state index in [0.717, 1.165) is 45.2 Å². The van der Waals surface area contributed by atoms with Crippen LogP contribution in [0.2, 0.25) is 0 Å². The maximum Gasteiger partial charge on any atom is 0.222 e. The van der Waals surface area contributed by atoms with Crippen molar-refractivity contribution >= 4 is 5.91 Å². The molecule has 1 amide bonds. The normalized spacial score (nSPS) is 19.5. The SMILES string of the molecule is CC(N)CCCCN1CCCC1=O. The van der Waals surface area contributed by atoms with Gasteiger partial charge in [-0.1, -0.05) is 6.42 Å². The van der Waals surface area contributed by atoms with Gasteiger partial charge < -0.3 is 10.6 Å². The van der Waals surface area contributed by atoms with Crippen molar-refractivity contribution in [1.29, 1.82) is 0 Å². The lowest BCUT2D eigenvalue weighted by Crippen LogP contribution is -2.26. The van der Waals surface area contributed by atoms with Gasteiger partial charge in [0.2, 0.25) is 5.91 Å². The predicted molar refractivity (Wildman–Crippen MR) is 53.3 cm³/mol.